The molecule has 0 saturated heterocycles. The van der Waals surface area contributed by atoms with E-state index in [9.17, 15) is 0 Å². The smallest absolute Gasteiger partial charge is 0.300 e. The summed E-state index contributed by atoms with van der Waals surface area (Å²) < 4.78 is 2.69. The third-order valence-corrected chi connectivity index (χ3v) is 12.0. The molecule has 4 aromatic rings. The Balaban J connectivity index is 0.000000830. The summed E-state index contributed by atoms with van der Waals surface area (Å²) in [6, 6.07) is 35.7. The molecule has 4 rings (SSSR count). The largest absolute Gasteiger partial charge is 0.481 e. The molecule has 0 amide bonds. The second kappa shape index (κ2) is 18.0. The van der Waals surface area contributed by atoms with Crippen molar-refractivity contribution in [1.29, 1.82) is 0 Å². The minimum Gasteiger partial charge on any atom is -0.481 e. The van der Waals surface area contributed by atoms with Crippen LogP contribution in [0, 0.1) is 27.7 Å². The Bertz CT molecular complexity index is 1220. The summed E-state index contributed by atoms with van der Waals surface area (Å²) in [7, 11) is 0.936. The fraction of sp³-hybridized carbons (Fsp3) is 0.212. The van der Waals surface area contributed by atoms with Crippen LogP contribution in [0.2, 0.25) is 0 Å². The zero-order valence-corrected chi connectivity index (χ0v) is 27.9. The van der Waals surface area contributed by atoms with E-state index in [2.05, 4.69) is 136 Å². The van der Waals surface area contributed by atoms with E-state index in [4.69, 9.17) is 19.8 Å². The summed E-state index contributed by atoms with van der Waals surface area (Å²) in [5.74, 6) is -1.67. The first-order valence-corrected chi connectivity index (χ1v) is 15.5. The predicted octanol–water partition coefficient (Wildman–Crippen LogP) is 6.43. The topological polar surface area (TPSA) is 77.8 Å². The van der Waals surface area contributed by atoms with Crippen LogP contribution in [0.15, 0.2) is 97.1 Å². The molecule has 0 spiro atoms. The van der Waals surface area contributed by atoms with Crippen molar-refractivity contribution >= 4 is 49.3 Å². The van der Waals surface area contributed by atoms with Gasteiger partial charge in [-0.3, -0.25) is 9.59 Å². The van der Waals surface area contributed by atoms with Gasteiger partial charge in [-0.1, -0.05) is 97.1 Å². The maximum Gasteiger partial charge on any atom is 0.300 e. The van der Waals surface area contributed by atoms with Gasteiger partial charge in [0.1, 0.15) is 0 Å². The molecule has 8 heteroatoms. The summed E-state index contributed by atoms with van der Waals surface area (Å²) >= 11 is 0. The number of nitrogens with zero attached hydrogens (tertiary/aromatic N) is 1. The number of benzene rings is 4. The fourth-order valence-electron chi connectivity index (χ4n) is 4.18. The van der Waals surface area contributed by atoms with E-state index in [1.165, 1.54) is 43.5 Å². The van der Waals surface area contributed by atoms with Crippen LogP contribution in [0.1, 0.15) is 36.1 Å². The molecule has 0 saturated carbocycles. The number of hydrogen-bond acceptors (Lipinski definition) is 3. The van der Waals surface area contributed by atoms with Crippen LogP contribution in [-0.4, -0.2) is 33.6 Å². The van der Waals surface area contributed by atoms with Gasteiger partial charge >= 0.3 is 0 Å². The molecule has 0 aliphatic rings. The molecule has 0 heterocycles. The molecule has 4 aromatic carbocycles. The Labute approximate surface area is 260 Å². The van der Waals surface area contributed by atoms with Gasteiger partial charge in [0.25, 0.3) is 11.9 Å². The molecule has 5 nitrogen and oxygen atoms in total. The fourth-order valence-corrected chi connectivity index (χ4v) is 10.4. The minimum atomic E-state index is -0.833. The van der Waals surface area contributed by atoms with Gasteiger partial charge < -0.3 is 10.2 Å². The monoisotopic (exact) mass is 681 g/mol. The summed E-state index contributed by atoms with van der Waals surface area (Å²) in [5.41, 5.74) is 5.44. The van der Waals surface area contributed by atoms with Gasteiger partial charge in [0.2, 0.25) is 0 Å². The van der Waals surface area contributed by atoms with Gasteiger partial charge in [0.05, 0.1) is 0 Å². The van der Waals surface area contributed by atoms with E-state index in [-0.39, 0.29) is 20.4 Å². The van der Waals surface area contributed by atoms with Crippen molar-refractivity contribution in [3.8, 4) is 0 Å². The minimum absolute atomic E-state index is 0. The van der Waals surface area contributed by atoms with Crippen molar-refractivity contribution < 1.29 is 40.2 Å². The van der Waals surface area contributed by atoms with Crippen molar-refractivity contribution in [3.05, 3.63) is 119 Å². The van der Waals surface area contributed by atoms with Crippen LogP contribution in [-0.2, 0) is 30.0 Å². The maximum absolute atomic E-state index is 9.00. The molecule has 0 aliphatic heterocycles. The first kappa shape index (κ1) is 36.3. The number of aryl methyl sites for hydroxylation is 4. The maximum atomic E-state index is 9.00. The molecule has 0 aromatic heterocycles. The molecule has 0 aliphatic carbocycles. The van der Waals surface area contributed by atoms with Gasteiger partial charge in [0, 0.05) is 50.4 Å². The summed E-state index contributed by atoms with van der Waals surface area (Å²) in [4.78, 5) is 18.0. The van der Waals surface area contributed by atoms with Crippen LogP contribution in [0.3, 0.4) is 0 Å². The molecule has 0 bridgehead atoms. The summed E-state index contributed by atoms with van der Waals surface area (Å²) in [6.45, 7) is 11.2. The Hall–Kier alpha value is -2.70. The summed E-state index contributed by atoms with van der Waals surface area (Å²) in [6.07, 6.45) is 0. The number of carbonyl (C=O) groups is 2. The van der Waals surface area contributed by atoms with Crippen molar-refractivity contribution in [2.24, 2.45) is 0 Å². The van der Waals surface area contributed by atoms with Crippen LogP contribution in [0.25, 0.3) is 0 Å². The molecule has 220 valence electrons. The average molecular weight is 682 g/mol. The zero-order chi connectivity index (χ0) is 29.8. The number of aliphatic carboxylic acids is 2. The van der Waals surface area contributed by atoms with Crippen molar-refractivity contribution in [2.45, 2.75) is 41.5 Å². The Morgan fingerprint density at radius 1 is 0.512 bits per heavy atom. The molecule has 0 fully saturated rings. The van der Waals surface area contributed by atoms with Crippen molar-refractivity contribution in [3.63, 3.8) is 0 Å². The van der Waals surface area contributed by atoms with E-state index < -0.39 is 28.1 Å². The molecule has 2 N–H and O–H groups in total. The van der Waals surface area contributed by atoms with E-state index >= 15 is 0 Å². The second-order valence-corrected chi connectivity index (χ2v) is 14.0. The van der Waals surface area contributed by atoms with E-state index in [1.807, 2.05) is 0 Å². The Morgan fingerprint density at radius 2 is 0.683 bits per heavy atom. The van der Waals surface area contributed by atoms with Crippen LogP contribution in [0.4, 0.5) is 0 Å². The quantitative estimate of drug-likeness (QED) is 0.181. The molecule has 0 atom stereocenters. The van der Waals surface area contributed by atoms with Gasteiger partial charge in [-0.05, 0) is 78.2 Å². The SMILES string of the molecule is CC(=O)O.CC(=O)O.Cc1ccccc1P(c1ccccc1C)N(C)P(c1ccccc1C)c1ccccc1C.[Pd]. The molecule has 0 radical (unpaired) electrons. The zero-order valence-electron chi connectivity index (χ0n) is 24.6. The number of carboxylic acid groups (broad SMARTS) is 2. The van der Waals surface area contributed by atoms with E-state index in [0.29, 0.717) is 0 Å². The van der Waals surface area contributed by atoms with Gasteiger partial charge in [-0.15, -0.1) is 0 Å². The van der Waals surface area contributed by atoms with Crippen LogP contribution < -0.4 is 21.2 Å². The first-order valence-electron chi connectivity index (χ1n) is 12.9. The number of carboxylic acids is 2. The molecule has 0 unspecified atom stereocenters. The third kappa shape index (κ3) is 10.9. The Morgan fingerprint density at radius 3 is 0.854 bits per heavy atom. The second-order valence-electron chi connectivity index (χ2n) is 9.30. The molecule has 41 heavy (non-hydrogen) atoms. The Kier molecular flexibility index (Phi) is 15.9. The molecular formula is C33H39NO4P2Pd. The van der Waals surface area contributed by atoms with Gasteiger partial charge in [-0.25, -0.2) is 4.44 Å². The van der Waals surface area contributed by atoms with Crippen molar-refractivity contribution in [2.75, 3.05) is 7.05 Å². The van der Waals surface area contributed by atoms with Crippen molar-refractivity contribution in [1.82, 2.24) is 4.44 Å². The first-order chi connectivity index (χ1) is 19.0. The number of rotatable bonds is 6. The van der Waals surface area contributed by atoms with Crippen LogP contribution >= 0.6 is 16.1 Å². The number of hydrogen-bond donors (Lipinski definition) is 2. The third-order valence-electron chi connectivity index (χ3n) is 5.95. The summed E-state index contributed by atoms with van der Waals surface area (Å²) in [5, 5.41) is 20.6. The van der Waals surface area contributed by atoms with E-state index in [1.54, 1.807) is 0 Å². The predicted molar refractivity (Wildman–Crippen MR) is 171 cm³/mol. The van der Waals surface area contributed by atoms with Crippen LogP contribution in [0.5, 0.6) is 0 Å². The van der Waals surface area contributed by atoms with E-state index in [0.717, 1.165) is 13.8 Å². The van der Waals surface area contributed by atoms with Gasteiger partial charge in [-0.2, -0.15) is 0 Å². The standard InChI is InChI=1S/C29H31NP2.2C2H4O2.Pd/c1-22-14-6-10-18-26(22)31(27-19-11-7-15-23(27)2)30(5)32(28-20-12-8-16-24(28)3)29-21-13-9-17-25(29)4;2*1-2(3)4;/h6-21H,1-5H3;2*1H3,(H,3,4);. The normalized spacial score (nSPS) is 10.2. The van der Waals surface area contributed by atoms with Gasteiger partial charge in [0.15, 0.2) is 0 Å². The molecular weight excluding hydrogens is 643 g/mol. The average Bonchev–Trinajstić information content (AvgIpc) is 2.88.